The fourth-order valence-corrected chi connectivity index (χ4v) is 3.15. The van der Waals surface area contributed by atoms with Crippen LogP contribution in [0.4, 0.5) is 0 Å². The Bertz CT molecular complexity index is 348. The second kappa shape index (κ2) is 6.60. The van der Waals surface area contributed by atoms with Gasteiger partial charge < -0.3 is 0 Å². The Morgan fingerprint density at radius 1 is 1.27 bits per heavy atom. The van der Waals surface area contributed by atoms with Crippen molar-refractivity contribution in [2.24, 2.45) is 0 Å². The number of hydrogen-bond donors (Lipinski definition) is 1. The van der Waals surface area contributed by atoms with Gasteiger partial charge in [0.1, 0.15) is 0 Å². The summed E-state index contributed by atoms with van der Waals surface area (Å²) in [5.74, 6) is 0.426. The van der Waals surface area contributed by atoms with Gasteiger partial charge in [-0.3, -0.25) is 0 Å². The number of rotatable bonds is 4. The van der Waals surface area contributed by atoms with Crippen LogP contribution in [0.3, 0.4) is 0 Å². The van der Waals surface area contributed by atoms with E-state index in [2.05, 4.69) is 31.2 Å². The molecule has 0 unspecified atom stereocenters. The quantitative estimate of drug-likeness (QED) is 0.657. The van der Waals surface area contributed by atoms with Crippen molar-refractivity contribution < 1.29 is 5.11 Å². The first-order chi connectivity index (χ1) is 7.18. The predicted octanol–water partition coefficient (Wildman–Crippen LogP) is 2.45. The molecule has 0 aliphatic rings. The number of aliphatic hydroxyl groups excluding tert-OH is 1. The van der Waals surface area contributed by atoms with Crippen LogP contribution in [0.25, 0.3) is 0 Å². The summed E-state index contributed by atoms with van der Waals surface area (Å²) in [5, 5.41) is 9.01. The van der Waals surface area contributed by atoms with Crippen LogP contribution in [0.2, 0.25) is 0 Å². The maximum absolute atomic E-state index is 9.01. The van der Waals surface area contributed by atoms with Gasteiger partial charge in [0, 0.05) is 0 Å². The van der Waals surface area contributed by atoms with Crippen molar-refractivity contribution in [2.45, 2.75) is 26.7 Å². The summed E-state index contributed by atoms with van der Waals surface area (Å²) in [4.78, 5) is 0. The Balaban J connectivity index is 2.50. The average molecular weight is 268 g/mol. The fourth-order valence-electron chi connectivity index (χ4n) is 1.23. The molecule has 0 spiro atoms. The van der Waals surface area contributed by atoms with Gasteiger partial charge in [-0.15, -0.1) is 0 Å². The minimum absolute atomic E-state index is 0.426. The van der Waals surface area contributed by atoms with Crippen molar-refractivity contribution in [3.8, 4) is 0 Å². The van der Waals surface area contributed by atoms with Gasteiger partial charge in [-0.05, 0) is 0 Å². The first kappa shape index (κ1) is 12.2. The van der Waals surface area contributed by atoms with Crippen LogP contribution in [0.1, 0.15) is 26.7 Å². The summed E-state index contributed by atoms with van der Waals surface area (Å²) in [5.41, 5.74) is 0. The monoisotopic (exact) mass is 269 g/mol. The van der Waals surface area contributed by atoms with E-state index in [0.29, 0.717) is 20.3 Å². The van der Waals surface area contributed by atoms with E-state index in [1.807, 2.05) is 12.1 Å². The van der Waals surface area contributed by atoms with Gasteiger partial charge in [-0.25, -0.2) is 0 Å². The molecule has 1 rings (SSSR count). The second-order valence-electron chi connectivity index (χ2n) is 3.50. The molecule has 0 heterocycles. The Hall–Kier alpha value is -0.851. The average Bonchev–Trinajstić information content (AvgIpc) is 2.18. The van der Waals surface area contributed by atoms with Crippen LogP contribution >= 0.6 is 0 Å². The minimum atomic E-state index is 0.426. The molecule has 0 aromatic heterocycles. The van der Waals surface area contributed by atoms with Crippen molar-refractivity contribution in [3.05, 3.63) is 42.2 Å². The molecular formula is C13H17OSe+. The third-order valence-electron chi connectivity index (χ3n) is 1.97. The van der Waals surface area contributed by atoms with Gasteiger partial charge in [0.25, 0.3) is 0 Å². The van der Waals surface area contributed by atoms with E-state index in [9.17, 15) is 0 Å². The molecule has 0 aliphatic heterocycles. The summed E-state index contributed by atoms with van der Waals surface area (Å²) in [7, 11) is 0. The Morgan fingerprint density at radius 3 is 2.53 bits per heavy atom. The third kappa shape index (κ3) is 5.56. The van der Waals surface area contributed by atoms with E-state index >= 15 is 0 Å². The SMILES string of the molecule is CC(CC/C=C(\C)O)=[Se+]c1ccccc1. The van der Waals surface area contributed by atoms with Crippen molar-refractivity contribution in [3.63, 3.8) is 0 Å². The number of hydrogen-bond acceptors (Lipinski definition) is 1. The summed E-state index contributed by atoms with van der Waals surface area (Å²) in [6, 6.07) is 10.6. The van der Waals surface area contributed by atoms with E-state index in [1.165, 1.54) is 8.88 Å². The van der Waals surface area contributed by atoms with E-state index in [0.717, 1.165) is 12.8 Å². The molecule has 1 aromatic carbocycles. The number of aliphatic hydroxyl groups is 1. The van der Waals surface area contributed by atoms with Crippen LogP contribution in [0.5, 0.6) is 0 Å². The van der Waals surface area contributed by atoms with Crippen molar-refractivity contribution in [1.82, 2.24) is 0 Å². The van der Waals surface area contributed by atoms with Crippen LogP contribution in [0, 0.1) is 0 Å². The van der Waals surface area contributed by atoms with Gasteiger partial charge in [-0.1, -0.05) is 0 Å². The van der Waals surface area contributed by atoms with Gasteiger partial charge in [0.05, 0.1) is 0 Å². The van der Waals surface area contributed by atoms with E-state index < -0.39 is 0 Å². The van der Waals surface area contributed by atoms with Gasteiger partial charge in [0.15, 0.2) is 0 Å². The van der Waals surface area contributed by atoms with Crippen molar-refractivity contribution >= 4 is 23.4 Å². The third-order valence-corrected chi connectivity index (χ3v) is 4.20. The molecule has 0 aliphatic carbocycles. The molecule has 0 fully saturated rings. The number of benzene rings is 1. The first-order valence-electron chi connectivity index (χ1n) is 5.09. The standard InChI is InChI=1S/C13H16OSe/c1-11(14)7-6-8-12(2)15-13-9-4-3-5-10-13/h3-5,7,9-10H,6,8H2,1-2H3/p+1/b11-7+. The van der Waals surface area contributed by atoms with Crippen LogP contribution < -0.4 is 4.46 Å². The van der Waals surface area contributed by atoms with E-state index in [1.54, 1.807) is 6.92 Å². The molecule has 0 atom stereocenters. The molecule has 15 heavy (non-hydrogen) atoms. The Labute approximate surface area is 97.5 Å². The molecular weight excluding hydrogens is 251 g/mol. The molecule has 1 aromatic rings. The van der Waals surface area contributed by atoms with Crippen LogP contribution in [-0.4, -0.2) is 24.0 Å². The van der Waals surface area contributed by atoms with Crippen molar-refractivity contribution in [1.29, 1.82) is 0 Å². The predicted molar refractivity (Wildman–Crippen MR) is 68.1 cm³/mol. The molecule has 2 heteroatoms. The summed E-state index contributed by atoms with van der Waals surface area (Å²) in [6.45, 7) is 3.92. The van der Waals surface area contributed by atoms with E-state index in [-0.39, 0.29) is 0 Å². The zero-order chi connectivity index (χ0) is 11.1. The normalized spacial score (nSPS) is 12.9. The Morgan fingerprint density at radius 2 is 1.93 bits per heavy atom. The second-order valence-corrected chi connectivity index (χ2v) is 6.38. The fraction of sp³-hybridized carbons (Fsp3) is 0.308. The Kier molecular flexibility index (Phi) is 5.38. The summed E-state index contributed by atoms with van der Waals surface area (Å²) < 4.78 is 2.94. The molecule has 0 saturated carbocycles. The number of allylic oxidation sites excluding steroid dienone is 2. The topological polar surface area (TPSA) is 20.2 Å². The van der Waals surface area contributed by atoms with Crippen LogP contribution in [0.15, 0.2) is 42.2 Å². The summed E-state index contributed by atoms with van der Waals surface area (Å²) >= 11 is 0.471. The van der Waals surface area contributed by atoms with Gasteiger partial charge in [0.2, 0.25) is 0 Å². The van der Waals surface area contributed by atoms with Crippen LogP contribution in [-0.2, 0) is 0 Å². The van der Waals surface area contributed by atoms with Crippen molar-refractivity contribution in [2.75, 3.05) is 0 Å². The van der Waals surface area contributed by atoms with E-state index in [4.69, 9.17) is 5.11 Å². The molecule has 80 valence electrons. The van der Waals surface area contributed by atoms with Gasteiger partial charge in [-0.2, -0.15) is 0 Å². The molecule has 0 saturated heterocycles. The van der Waals surface area contributed by atoms with Gasteiger partial charge >= 0.3 is 97.4 Å². The molecule has 1 N–H and O–H groups in total. The molecule has 1 nitrogen and oxygen atoms in total. The first-order valence-corrected chi connectivity index (χ1v) is 6.81. The molecule has 0 radical (unpaired) electrons. The molecule has 0 amide bonds. The maximum atomic E-state index is 9.01. The summed E-state index contributed by atoms with van der Waals surface area (Å²) in [6.07, 6.45) is 3.90. The molecule has 0 bridgehead atoms. The zero-order valence-corrected chi connectivity index (χ0v) is 10.9. The zero-order valence-electron chi connectivity index (χ0n) is 9.23.